The number of hydrogen-bond donors (Lipinski definition) is 0. The zero-order valence-corrected chi connectivity index (χ0v) is 15.8. The highest BCUT2D eigenvalue weighted by Gasteiger charge is 2.47. The Bertz CT molecular complexity index is 906. The topological polar surface area (TPSA) is 3.24 Å². The Balaban J connectivity index is 1.85. The van der Waals surface area contributed by atoms with Crippen molar-refractivity contribution in [1.29, 1.82) is 0 Å². The second-order valence-corrected chi connectivity index (χ2v) is 9.00. The number of halogens is 3. The van der Waals surface area contributed by atoms with Gasteiger partial charge in [-0.05, 0) is 53.0 Å². The summed E-state index contributed by atoms with van der Waals surface area (Å²) in [5, 5.41) is 0. The number of aryl methyl sites for hydroxylation is 1. The van der Waals surface area contributed by atoms with E-state index in [4.69, 9.17) is 0 Å². The predicted octanol–water partition coefficient (Wildman–Crippen LogP) is 7.06. The Kier molecular flexibility index (Phi) is 3.94. The Morgan fingerprint density at radius 2 is 1.79 bits per heavy atom. The highest BCUT2D eigenvalue weighted by Crippen LogP contribution is 2.56. The minimum absolute atomic E-state index is 0.0476. The second kappa shape index (κ2) is 5.86. The first kappa shape index (κ1) is 16.1. The maximum absolute atomic E-state index is 15.2. The smallest absolute Gasteiger partial charge is 0.245 e. The van der Waals surface area contributed by atoms with Crippen LogP contribution in [0.4, 0.5) is 14.5 Å². The molecule has 1 aliphatic heterocycles. The van der Waals surface area contributed by atoms with Gasteiger partial charge in [-0.25, -0.2) is 4.31 Å². The summed E-state index contributed by atoms with van der Waals surface area (Å²) < 4.78 is 32.4. The number of alkyl halides is 2. The highest BCUT2D eigenvalue weighted by molar-refractivity contribution is 9.11. The van der Waals surface area contributed by atoms with E-state index in [1.54, 1.807) is 24.3 Å². The molecule has 0 saturated carbocycles. The summed E-state index contributed by atoms with van der Waals surface area (Å²) in [5.41, 5.74) is 2.30. The van der Waals surface area contributed by atoms with Crippen LogP contribution in [-0.2, 0) is 6.05 Å². The van der Waals surface area contributed by atoms with Gasteiger partial charge in [-0.2, -0.15) is 8.78 Å². The molecule has 0 bridgehead atoms. The van der Waals surface area contributed by atoms with E-state index in [2.05, 4.69) is 15.9 Å². The Hall–Kier alpha value is -1.37. The van der Waals surface area contributed by atoms with Crippen molar-refractivity contribution < 1.29 is 8.78 Å². The molecular weight excluding hydrogens is 412 g/mol. The summed E-state index contributed by atoms with van der Waals surface area (Å²) in [6.07, 6.45) is 0. The summed E-state index contributed by atoms with van der Waals surface area (Å²) in [4.78, 5) is 1.65. The molecular formula is C18H12BrF2NS2. The van der Waals surface area contributed by atoms with Crippen LogP contribution in [0.3, 0.4) is 0 Å². The molecule has 0 atom stereocenters. The van der Waals surface area contributed by atoms with Gasteiger partial charge in [0, 0.05) is 10.5 Å². The van der Waals surface area contributed by atoms with Gasteiger partial charge in [-0.1, -0.05) is 42.0 Å². The SMILES string of the molecule is Cc1ccc(SN2c3cc(Br)sc3-c3ccccc3C2(F)F)cc1. The number of thiophene rings is 1. The second-order valence-electron chi connectivity index (χ2n) is 5.55. The van der Waals surface area contributed by atoms with Gasteiger partial charge in [0.25, 0.3) is 0 Å². The van der Waals surface area contributed by atoms with E-state index in [1.165, 1.54) is 17.4 Å². The zero-order chi connectivity index (χ0) is 16.9. The fourth-order valence-corrected chi connectivity index (χ4v) is 5.30. The number of benzene rings is 2. The molecule has 0 saturated heterocycles. The maximum atomic E-state index is 15.2. The van der Waals surface area contributed by atoms with Crippen LogP contribution in [0.2, 0.25) is 0 Å². The van der Waals surface area contributed by atoms with Crippen LogP contribution < -0.4 is 4.31 Å². The van der Waals surface area contributed by atoms with Crippen molar-refractivity contribution in [3.63, 3.8) is 0 Å². The molecule has 1 nitrogen and oxygen atoms in total. The van der Waals surface area contributed by atoms with Crippen LogP contribution in [-0.4, -0.2) is 0 Å². The molecule has 24 heavy (non-hydrogen) atoms. The number of anilines is 1. The van der Waals surface area contributed by atoms with Gasteiger partial charge >= 0.3 is 6.05 Å². The summed E-state index contributed by atoms with van der Waals surface area (Å²) in [7, 11) is 0. The summed E-state index contributed by atoms with van der Waals surface area (Å²) in [6.45, 7) is 1.98. The summed E-state index contributed by atoms with van der Waals surface area (Å²) in [6, 6.07) is 13.0. The van der Waals surface area contributed by atoms with Crippen LogP contribution in [0, 0.1) is 6.92 Å². The van der Waals surface area contributed by atoms with E-state index in [1.807, 2.05) is 31.2 Å². The Labute approximate surface area is 155 Å². The average Bonchev–Trinajstić information content (AvgIpc) is 2.95. The lowest BCUT2D eigenvalue weighted by atomic mass is 10.00. The lowest BCUT2D eigenvalue weighted by Crippen LogP contribution is -2.36. The van der Waals surface area contributed by atoms with E-state index in [0.29, 0.717) is 11.3 Å². The van der Waals surface area contributed by atoms with Gasteiger partial charge in [0.05, 0.1) is 19.9 Å². The Morgan fingerprint density at radius 3 is 2.54 bits per heavy atom. The highest BCUT2D eigenvalue weighted by atomic mass is 79.9. The molecule has 3 aromatic rings. The predicted molar refractivity (Wildman–Crippen MR) is 101 cm³/mol. The van der Waals surface area contributed by atoms with E-state index in [9.17, 15) is 0 Å². The lowest BCUT2D eigenvalue weighted by Gasteiger charge is -2.36. The van der Waals surface area contributed by atoms with Gasteiger partial charge in [0.1, 0.15) is 0 Å². The molecule has 2 aromatic carbocycles. The van der Waals surface area contributed by atoms with Gasteiger partial charge < -0.3 is 0 Å². The van der Waals surface area contributed by atoms with E-state index >= 15 is 8.78 Å². The van der Waals surface area contributed by atoms with E-state index in [-0.39, 0.29) is 5.56 Å². The third kappa shape index (κ3) is 2.57. The van der Waals surface area contributed by atoms with Crippen LogP contribution in [0.5, 0.6) is 0 Å². The molecule has 122 valence electrons. The minimum atomic E-state index is -3.08. The average molecular weight is 424 g/mol. The van der Waals surface area contributed by atoms with Crippen molar-refractivity contribution in [3.05, 3.63) is 69.5 Å². The molecule has 1 aliphatic rings. The lowest BCUT2D eigenvalue weighted by molar-refractivity contribution is 0.0112. The van der Waals surface area contributed by atoms with Crippen molar-refractivity contribution in [2.45, 2.75) is 17.9 Å². The van der Waals surface area contributed by atoms with Crippen molar-refractivity contribution in [2.75, 3.05) is 4.31 Å². The standard InChI is InChI=1S/C18H12BrF2NS2/c1-11-6-8-12(9-7-11)24-22-15-10-16(19)23-17(15)13-4-2-3-5-14(13)18(22,20)21/h2-10H,1H3. The molecule has 4 rings (SSSR count). The molecule has 0 unspecified atom stereocenters. The van der Waals surface area contributed by atoms with Gasteiger partial charge in [0.2, 0.25) is 0 Å². The molecule has 1 aromatic heterocycles. The first-order valence-corrected chi connectivity index (χ1v) is 9.67. The molecule has 2 heterocycles. The molecule has 6 heteroatoms. The maximum Gasteiger partial charge on any atom is 0.362 e. The number of nitrogens with zero attached hydrogens (tertiary/aromatic N) is 1. The van der Waals surface area contributed by atoms with Gasteiger partial charge in [0.15, 0.2) is 0 Å². The fourth-order valence-electron chi connectivity index (χ4n) is 2.71. The summed E-state index contributed by atoms with van der Waals surface area (Å²) in [5.74, 6) is 0. The van der Waals surface area contributed by atoms with Crippen LogP contribution >= 0.6 is 39.2 Å². The number of rotatable bonds is 2. The first-order valence-electron chi connectivity index (χ1n) is 7.29. The minimum Gasteiger partial charge on any atom is -0.245 e. The van der Waals surface area contributed by atoms with Crippen molar-refractivity contribution in [1.82, 2.24) is 0 Å². The monoisotopic (exact) mass is 423 g/mol. The quantitative estimate of drug-likeness (QED) is 0.320. The van der Waals surface area contributed by atoms with Gasteiger partial charge in [-0.3, -0.25) is 0 Å². The fraction of sp³-hybridized carbons (Fsp3) is 0.111. The molecule has 0 spiro atoms. The van der Waals surface area contributed by atoms with Crippen LogP contribution in [0.15, 0.2) is 63.3 Å². The molecule has 0 radical (unpaired) electrons. The zero-order valence-electron chi connectivity index (χ0n) is 12.6. The van der Waals surface area contributed by atoms with Crippen molar-refractivity contribution in [3.8, 4) is 10.4 Å². The van der Waals surface area contributed by atoms with Crippen LogP contribution in [0.1, 0.15) is 11.1 Å². The third-order valence-corrected chi connectivity index (χ3v) is 6.62. The van der Waals surface area contributed by atoms with Crippen molar-refractivity contribution >= 4 is 44.9 Å². The molecule has 0 N–H and O–H groups in total. The van der Waals surface area contributed by atoms with Gasteiger partial charge in [-0.15, -0.1) is 11.3 Å². The van der Waals surface area contributed by atoms with E-state index < -0.39 is 6.05 Å². The largest absolute Gasteiger partial charge is 0.362 e. The molecule has 0 fully saturated rings. The van der Waals surface area contributed by atoms with Crippen LogP contribution in [0.25, 0.3) is 10.4 Å². The van der Waals surface area contributed by atoms with Crippen molar-refractivity contribution in [2.24, 2.45) is 0 Å². The normalized spacial score (nSPS) is 15.1. The third-order valence-electron chi connectivity index (χ3n) is 3.87. The number of fused-ring (bicyclic) bond motifs is 3. The molecule has 0 amide bonds. The Morgan fingerprint density at radius 1 is 1.08 bits per heavy atom. The van der Waals surface area contributed by atoms with E-state index in [0.717, 1.165) is 35.4 Å². The number of hydrogen-bond acceptors (Lipinski definition) is 3. The molecule has 0 aliphatic carbocycles. The first-order chi connectivity index (χ1) is 11.5. The summed E-state index contributed by atoms with van der Waals surface area (Å²) >= 11 is 5.99.